The van der Waals surface area contributed by atoms with Gasteiger partial charge in [-0.05, 0) is 50.1 Å². The van der Waals surface area contributed by atoms with E-state index < -0.39 is 0 Å². The van der Waals surface area contributed by atoms with Crippen molar-refractivity contribution in [1.82, 2.24) is 14.5 Å². The van der Waals surface area contributed by atoms with Gasteiger partial charge in [0.25, 0.3) is 5.91 Å². The molecule has 2 unspecified atom stereocenters. The van der Waals surface area contributed by atoms with Gasteiger partial charge in [0.2, 0.25) is 0 Å². The van der Waals surface area contributed by atoms with Gasteiger partial charge >= 0.3 is 0 Å². The van der Waals surface area contributed by atoms with Gasteiger partial charge in [-0.2, -0.15) is 0 Å². The molecule has 1 aromatic heterocycles. The number of aromatic nitrogens is 2. The lowest BCUT2D eigenvalue weighted by Crippen LogP contribution is -2.34. The van der Waals surface area contributed by atoms with E-state index >= 15 is 0 Å². The van der Waals surface area contributed by atoms with Crippen LogP contribution in [0.1, 0.15) is 23.7 Å². The molecule has 5 heteroatoms. The third-order valence-corrected chi connectivity index (χ3v) is 4.17. The van der Waals surface area contributed by atoms with Crippen molar-refractivity contribution in [1.29, 1.82) is 0 Å². The van der Waals surface area contributed by atoms with Crippen LogP contribution in [-0.4, -0.2) is 39.5 Å². The lowest BCUT2D eigenvalue weighted by molar-refractivity contribution is 0.0743. The Morgan fingerprint density at radius 2 is 2.14 bits per heavy atom. The van der Waals surface area contributed by atoms with E-state index in [-0.39, 0.29) is 11.9 Å². The lowest BCUT2D eigenvalue weighted by atomic mass is 10.1. The van der Waals surface area contributed by atoms with Crippen molar-refractivity contribution in [3.63, 3.8) is 0 Å². The number of carbonyl (C=O) groups excluding carboxylic acids is 1. The highest BCUT2D eigenvalue weighted by Gasteiger charge is 2.31. The number of benzene rings is 1. The maximum absolute atomic E-state index is 12.6. The summed E-state index contributed by atoms with van der Waals surface area (Å²) in [6.07, 6.45) is 6.35. The zero-order chi connectivity index (χ0) is 14.8. The third-order valence-electron chi connectivity index (χ3n) is 4.17. The van der Waals surface area contributed by atoms with Gasteiger partial charge < -0.3 is 15.2 Å². The summed E-state index contributed by atoms with van der Waals surface area (Å²) in [6.45, 7) is 3.50. The molecule has 2 atom stereocenters. The first-order chi connectivity index (χ1) is 10.2. The summed E-state index contributed by atoms with van der Waals surface area (Å²) in [4.78, 5) is 18.5. The molecule has 110 valence electrons. The van der Waals surface area contributed by atoms with Crippen LogP contribution in [0.4, 0.5) is 0 Å². The van der Waals surface area contributed by atoms with Gasteiger partial charge in [0.05, 0.1) is 6.33 Å². The molecule has 1 aliphatic rings. The van der Waals surface area contributed by atoms with Crippen LogP contribution in [0.3, 0.4) is 0 Å². The SMILES string of the molecule is CC1CC(CN)CN1C(=O)c1ccc(-n2ccnc2)cc1. The smallest absolute Gasteiger partial charge is 0.254 e. The molecule has 3 rings (SSSR count). The third kappa shape index (κ3) is 2.69. The van der Waals surface area contributed by atoms with Crippen molar-refractivity contribution in [2.24, 2.45) is 11.7 Å². The Morgan fingerprint density at radius 1 is 1.38 bits per heavy atom. The fraction of sp³-hybridized carbons (Fsp3) is 0.375. The highest BCUT2D eigenvalue weighted by molar-refractivity contribution is 5.94. The van der Waals surface area contributed by atoms with Crippen molar-refractivity contribution in [2.75, 3.05) is 13.1 Å². The van der Waals surface area contributed by atoms with Crippen LogP contribution >= 0.6 is 0 Å². The minimum atomic E-state index is 0.0932. The van der Waals surface area contributed by atoms with Crippen LogP contribution in [0.5, 0.6) is 0 Å². The fourth-order valence-electron chi connectivity index (χ4n) is 2.95. The predicted octanol–water partition coefficient (Wildman–Crippen LogP) is 1.68. The minimum absolute atomic E-state index is 0.0932. The minimum Gasteiger partial charge on any atom is -0.336 e. The second kappa shape index (κ2) is 5.69. The molecule has 1 fully saturated rings. The van der Waals surface area contributed by atoms with E-state index in [1.807, 2.05) is 39.9 Å². The van der Waals surface area contributed by atoms with E-state index in [1.54, 1.807) is 12.5 Å². The number of nitrogens with two attached hydrogens (primary N) is 1. The quantitative estimate of drug-likeness (QED) is 0.932. The second-order valence-electron chi connectivity index (χ2n) is 5.66. The first-order valence-electron chi connectivity index (χ1n) is 7.28. The fourth-order valence-corrected chi connectivity index (χ4v) is 2.95. The van der Waals surface area contributed by atoms with Gasteiger partial charge in [-0.25, -0.2) is 4.98 Å². The number of rotatable bonds is 3. The van der Waals surface area contributed by atoms with E-state index in [2.05, 4.69) is 11.9 Å². The van der Waals surface area contributed by atoms with Crippen molar-refractivity contribution in [2.45, 2.75) is 19.4 Å². The van der Waals surface area contributed by atoms with E-state index in [4.69, 9.17) is 5.73 Å². The van der Waals surface area contributed by atoms with Gasteiger partial charge in [-0.15, -0.1) is 0 Å². The molecule has 2 heterocycles. The first-order valence-corrected chi connectivity index (χ1v) is 7.28. The lowest BCUT2D eigenvalue weighted by Gasteiger charge is -2.21. The van der Waals surface area contributed by atoms with Crippen LogP contribution in [0.15, 0.2) is 43.0 Å². The maximum atomic E-state index is 12.6. The first kappa shape index (κ1) is 13.8. The molecule has 1 aromatic carbocycles. The Balaban J connectivity index is 1.76. The number of nitrogens with zero attached hydrogens (tertiary/aromatic N) is 3. The Morgan fingerprint density at radius 3 is 2.71 bits per heavy atom. The van der Waals surface area contributed by atoms with Gasteiger partial charge in [0.1, 0.15) is 0 Å². The average Bonchev–Trinajstić information content (AvgIpc) is 3.16. The molecule has 2 N–H and O–H groups in total. The Labute approximate surface area is 124 Å². The number of amides is 1. The average molecular weight is 284 g/mol. The van der Waals surface area contributed by atoms with Crippen molar-refractivity contribution in [3.05, 3.63) is 48.5 Å². The van der Waals surface area contributed by atoms with Crippen LogP contribution < -0.4 is 5.73 Å². The summed E-state index contributed by atoms with van der Waals surface area (Å²) < 4.78 is 1.91. The van der Waals surface area contributed by atoms with Gasteiger partial charge in [-0.1, -0.05) is 0 Å². The topological polar surface area (TPSA) is 64.2 Å². The van der Waals surface area contributed by atoms with Crippen molar-refractivity contribution >= 4 is 5.91 Å². The molecule has 0 bridgehead atoms. The monoisotopic (exact) mass is 284 g/mol. The Bertz CT molecular complexity index is 606. The summed E-state index contributed by atoms with van der Waals surface area (Å²) in [5, 5.41) is 0. The molecule has 2 aromatic rings. The highest BCUT2D eigenvalue weighted by Crippen LogP contribution is 2.24. The van der Waals surface area contributed by atoms with Crippen LogP contribution in [0.25, 0.3) is 5.69 Å². The van der Waals surface area contributed by atoms with Crippen molar-refractivity contribution in [3.8, 4) is 5.69 Å². The summed E-state index contributed by atoms with van der Waals surface area (Å²) in [5.41, 5.74) is 7.45. The Hall–Kier alpha value is -2.14. The summed E-state index contributed by atoms with van der Waals surface area (Å²) in [5.74, 6) is 0.518. The zero-order valence-corrected chi connectivity index (χ0v) is 12.1. The molecule has 0 radical (unpaired) electrons. The van der Waals surface area contributed by atoms with E-state index in [9.17, 15) is 4.79 Å². The van der Waals surface area contributed by atoms with Crippen LogP contribution in [0.2, 0.25) is 0 Å². The number of hydrogen-bond acceptors (Lipinski definition) is 3. The predicted molar refractivity (Wildman–Crippen MR) is 81.2 cm³/mol. The maximum Gasteiger partial charge on any atom is 0.254 e. The molecule has 1 amide bonds. The summed E-state index contributed by atoms with van der Waals surface area (Å²) in [7, 11) is 0. The Kier molecular flexibility index (Phi) is 3.75. The normalized spacial score (nSPS) is 21.7. The van der Waals surface area contributed by atoms with E-state index in [0.717, 1.165) is 24.2 Å². The van der Waals surface area contributed by atoms with Crippen LogP contribution in [-0.2, 0) is 0 Å². The number of carbonyl (C=O) groups is 1. The molecular formula is C16H20N4O. The molecule has 21 heavy (non-hydrogen) atoms. The molecular weight excluding hydrogens is 264 g/mol. The number of likely N-dealkylation sites (tertiary alicyclic amines) is 1. The standard InChI is InChI=1S/C16H20N4O/c1-12-8-13(9-17)10-20(12)16(21)14-2-4-15(5-3-14)19-7-6-18-11-19/h2-7,11-13H,8-10,17H2,1H3. The molecule has 0 saturated carbocycles. The second-order valence-corrected chi connectivity index (χ2v) is 5.66. The largest absolute Gasteiger partial charge is 0.336 e. The number of imidazole rings is 1. The molecule has 1 saturated heterocycles. The van der Waals surface area contributed by atoms with Crippen molar-refractivity contribution < 1.29 is 4.79 Å². The van der Waals surface area contributed by atoms with Gasteiger partial charge in [0.15, 0.2) is 0 Å². The van der Waals surface area contributed by atoms with Gasteiger partial charge in [0, 0.05) is 36.2 Å². The van der Waals surface area contributed by atoms with E-state index in [0.29, 0.717) is 12.5 Å². The van der Waals surface area contributed by atoms with Gasteiger partial charge in [-0.3, -0.25) is 4.79 Å². The highest BCUT2D eigenvalue weighted by atomic mass is 16.2. The summed E-state index contributed by atoms with van der Waals surface area (Å²) in [6, 6.07) is 7.89. The van der Waals surface area contributed by atoms with E-state index in [1.165, 1.54) is 0 Å². The zero-order valence-electron chi connectivity index (χ0n) is 12.1. The molecule has 0 aliphatic carbocycles. The van der Waals surface area contributed by atoms with Crippen LogP contribution in [0, 0.1) is 5.92 Å². The molecule has 1 aliphatic heterocycles. The number of hydrogen-bond donors (Lipinski definition) is 1. The summed E-state index contributed by atoms with van der Waals surface area (Å²) >= 11 is 0. The molecule has 0 spiro atoms. The molecule has 5 nitrogen and oxygen atoms in total.